The van der Waals surface area contributed by atoms with Crippen molar-refractivity contribution >= 4 is 35.2 Å². The van der Waals surface area contributed by atoms with Crippen molar-refractivity contribution in [1.82, 2.24) is 21.3 Å². The Bertz CT molecular complexity index is 2320. The molecular formula is C53H66N6O9. The highest BCUT2D eigenvalue weighted by molar-refractivity contribution is 5.99. The first kappa shape index (κ1) is 51.1. The maximum Gasteiger partial charge on any atom is 0.243 e. The molecule has 0 radical (unpaired) electrons. The molecule has 2 aliphatic heterocycles. The predicted molar refractivity (Wildman–Crippen MR) is 257 cm³/mol. The summed E-state index contributed by atoms with van der Waals surface area (Å²) in [6.45, 7) is 7.90. The number of rotatable bonds is 27. The zero-order valence-electron chi connectivity index (χ0n) is 39.4. The Hall–Kier alpha value is -6.26. The van der Waals surface area contributed by atoms with Crippen molar-refractivity contribution in [3.63, 3.8) is 0 Å². The Labute approximate surface area is 398 Å². The summed E-state index contributed by atoms with van der Waals surface area (Å²) < 4.78 is 17.0. The Morgan fingerprint density at radius 3 is 1.38 bits per heavy atom. The predicted octanol–water partition coefficient (Wildman–Crippen LogP) is 3.47. The third-order valence-corrected chi connectivity index (χ3v) is 12.5. The van der Waals surface area contributed by atoms with Gasteiger partial charge in [0.1, 0.15) is 29.0 Å². The molecule has 6 rings (SSSR count). The number of carbonyl (C=O) groups is 6. The summed E-state index contributed by atoms with van der Waals surface area (Å²) in [7, 11) is 0. The Kier molecular flexibility index (Phi) is 17.8. The Morgan fingerprint density at radius 1 is 0.515 bits per heavy atom. The van der Waals surface area contributed by atoms with Crippen LogP contribution in [0.5, 0.6) is 5.75 Å². The van der Waals surface area contributed by atoms with Crippen molar-refractivity contribution in [3.8, 4) is 5.75 Å². The second-order valence-corrected chi connectivity index (χ2v) is 18.6. The minimum atomic E-state index is -1.02. The molecule has 68 heavy (non-hydrogen) atoms. The van der Waals surface area contributed by atoms with Gasteiger partial charge in [-0.2, -0.15) is 0 Å². The van der Waals surface area contributed by atoms with Crippen LogP contribution < -0.4 is 37.5 Å². The van der Waals surface area contributed by atoms with E-state index in [0.29, 0.717) is 38.0 Å². The normalized spacial score (nSPS) is 20.2. The molecule has 0 bridgehead atoms. The highest BCUT2D eigenvalue weighted by Crippen LogP contribution is 2.31. The number of hydrogen-bond acceptors (Lipinski definition) is 11. The third kappa shape index (κ3) is 15.1. The van der Waals surface area contributed by atoms with E-state index in [4.69, 9.17) is 25.7 Å². The van der Waals surface area contributed by atoms with E-state index >= 15 is 0 Å². The zero-order valence-corrected chi connectivity index (χ0v) is 39.4. The van der Waals surface area contributed by atoms with Crippen molar-refractivity contribution in [3.05, 3.63) is 138 Å². The maximum atomic E-state index is 14.0. The molecule has 362 valence electrons. The lowest BCUT2D eigenvalue weighted by Gasteiger charge is -2.26. The van der Waals surface area contributed by atoms with Crippen LogP contribution in [0.2, 0.25) is 0 Å². The summed E-state index contributed by atoms with van der Waals surface area (Å²) in [4.78, 5) is 81.2. The second-order valence-electron chi connectivity index (χ2n) is 18.6. The van der Waals surface area contributed by atoms with Gasteiger partial charge in [-0.15, -0.1) is 0 Å². The highest BCUT2D eigenvalue weighted by Gasteiger charge is 2.51. The summed E-state index contributed by atoms with van der Waals surface area (Å²) in [5, 5.41) is 11.4. The van der Waals surface area contributed by atoms with Crippen LogP contribution in [0.1, 0.15) is 69.2 Å². The molecule has 4 aromatic carbocycles. The molecule has 15 nitrogen and oxygen atoms in total. The molecule has 15 heteroatoms. The van der Waals surface area contributed by atoms with E-state index in [-0.39, 0.29) is 50.0 Å². The van der Waals surface area contributed by atoms with Crippen molar-refractivity contribution < 1.29 is 43.0 Å². The van der Waals surface area contributed by atoms with E-state index in [1.807, 2.05) is 103 Å². The molecule has 0 saturated carbocycles. The van der Waals surface area contributed by atoms with E-state index in [1.165, 1.54) is 6.92 Å². The van der Waals surface area contributed by atoms with Gasteiger partial charge in [-0.05, 0) is 93.2 Å². The number of carbonyl (C=O) groups excluding carboxylic acids is 6. The number of amides is 4. The molecule has 4 aromatic rings. The maximum absolute atomic E-state index is 14.0. The van der Waals surface area contributed by atoms with E-state index in [9.17, 15) is 28.8 Å². The van der Waals surface area contributed by atoms with Crippen molar-refractivity contribution in [2.45, 2.75) is 120 Å². The van der Waals surface area contributed by atoms with Gasteiger partial charge in [-0.1, -0.05) is 110 Å². The van der Waals surface area contributed by atoms with Crippen LogP contribution in [0.4, 0.5) is 0 Å². The quantitative estimate of drug-likeness (QED) is 0.0474. The molecule has 8 N–H and O–H groups in total. The fourth-order valence-electron chi connectivity index (χ4n) is 7.85. The standard InChI is InChI=1S/C53H66N6O9/c1-34(20-25-42(46(60)52(3)32-67-52)56-50(64)45(30-38-18-12-7-13-19-38)59-49(63)41(55)28-36-14-8-5-9-15-36)26-27-66-40-23-21-39(22-24-40)31-44(58-48(62)35(2)54)51(65)57-43(47(61)53(4)33-68-53)29-37-16-10-6-11-17-37/h5-19,21-24,34-35,41-45H,20,25-33,54-55H2,1-4H3,(H,56,64)(H,57,65)(H,58,62)(H,59,63)/t34?,35-,41-,42-,43-,44-,45-,52+,53+/m0/s1. The Balaban J connectivity index is 1.03. The van der Waals surface area contributed by atoms with Gasteiger partial charge in [0.05, 0.1) is 44.0 Å². The Morgan fingerprint density at radius 2 is 0.912 bits per heavy atom. The molecule has 4 amide bonds. The highest BCUT2D eigenvalue weighted by atomic mass is 16.6. The van der Waals surface area contributed by atoms with E-state index in [0.717, 1.165) is 22.3 Å². The number of hydrogen-bond donors (Lipinski definition) is 6. The fourth-order valence-corrected chi connectivity index (χ4v) is 7.85. The number of ketones is 2. The van der Waals surface area contributed by atoms with Crippen LogP contribution in [-0.4, -0.2) is 102 Å². The monoisotopic (exact) mass is 930 g/mol. The minimum absolute atomic E-state index is 0.102. The number of ether oxygens (including phenoxy) is 3. The van der Waals surface area contributed by atoms with Crippen molar-refractivity contribution in [1.29, 1.82) is 0 Å². The average molecular weight is 931 g/mol. The first-order valence-electron chi connectivity index (χ1n) is 23.4. The molecule has 2 aliphatic rings. The van der Waals surface area contributed by atoms with Gasteiger partial charge in [0.25, 0.3) is 0 Å². The van der Waals surface area contributed by atoms with Gasteiger partial charge in [0.2, 0.25) is 23.6 Å². The number of Topliss-reactive ketones (excluding diaryl/α,β-unsaturated/α-hetero) is 2. The minimum Gasteiger partial charge on any atom is -0.494 e. The molecule has 2 saturated heterocycles. The molecule has 9 atom stereocenters. The van der Waals surface area contributed by atoms with Gasteiger partial charge in [0, 0.05) is 12.8 Å². The van der Waals surface area contributed by atoms with Crippen LogP contribution in [0, 0.1) is 5.92 Å². The van der Waals surface area contributed by atoms with Crippen LogP contribution >= 0.6 is 0 Å². The number of benzene rings is 4. The number of epoxide rings is 2. The van der Waals surface area contributed by atoms with Crippen LogP contribution in [0.3, 0.4) is 0 Å². The molecule has 0 aromatic heterocycles. The lowest BCUT2D eigenvalue weighted by molar-refractivity contribution is -0.133. The number of nitrogens with two attached hydrogens (primary N) is 2. The first-order valence-corrected chi connectivity index (χ1v) is 23.4. The lowest BCUT2D eigenvalue weighted by atomic mass is 9.92. The van der Waals surface area contributed by atoms with Gasteiger partial charge in [-0.25, -0.2) is 0 Å². The average Bonchev–Trinajstić information content (AvgIpc) is 4.28. The van der Waals surface area contributed by atoms with Crippen molar-refractivity contribution in [2.24, 2.45) is 17.4 Å². The lowest BCUT2D eigenvalue weighted by Crippen LogP contribution is -2.56. The summed E-state index contributed by atoms with van der Waals surface area (Å²) in [6, 6.07) is 29.8. The molecule has 0 aliphatic carbocycles. The smallest absolute Gasteiger partial charge is 0.243 e. The SMILES string of the molecule is CC(CCOc1ccc(C[C@H](NC(=O)[C@H](C)N)C(=O)N[C@@H](Cc2ccccc2)C(=O)[C@@]2(C)CO2)cc1)CC[C@H](NC(=O)[C@H](Cc1ccccc1)NC(=O)[C@@H](N)Cc1ccccc1)C(=O)[C@@]1(C)CO1. The largest absolute Gasteiger partial charge is 0.494 e. The molecular weight excluding hydrogens is 865 g/mol. The van der Waals surface area contributed by atoms with Crippen LogP contribution in [-0.2, 0) is 63.9 Å². The van der Waals surface area contributed by atoms with Gasteiger partial charge < -0.3 is 46.9 Å². The first-order chi connectivity index (χ1) is 32.5. The summed E-state index contributed by atoms with van der Waals surface area (Å²) in [5.74, 6) is -1.75. The van der Waals surface area contributed by atoms with Crippen LogP contribution in [0.25, 0.3) is 0 Å². The van der Waals surface area contributed by atoms with Crippen molar-refractivity contribution in [2.75, 3.05) is 19.8 Å². The van der Waals surface area contributed by atoms with E-state index in [1.54, 1.807) is 26.0 Å². The molecule has 2 heterocycles. The summed E-state index contributed by atoms with van der Waals surface area (Å²) >= 11 is 0. The zero-order chi connectivity index (χ0) is 48.8. The topological polar surface area (TPSA) is 237 Å². The molecule has 0 spiro atoms. The van der Waals surface area contributed by atoms with E-state index < -0.39 is 71.1 Å². The summed E-state index contributed by atoms with van der Waals surface area (Å²) in [6.07, 6.45) is 2.47. The van der Waals surface area contributed by atoms with Gasteiger partial charge >= 0.3 is 0 Å². The second kappa shape index (κ2) is 23.6. The summed E-state index contributed by atoms with van der Waals surface area (Å²) in [5.41, 5.74) is 13.5. The van der Waals surface area contributed by atoms with Gasteiger partial charge in [-0.3, -0.25) is 28.8 Å². The third-order valence-electron chi connectivity index (χ3n) is 12.5. The van der Waals surface area contributed by atoms with E-state index in [2.05, 4.69) is 28.2 Å². The van der Waals surface area contributed by atoms with Gasteiger partial charge in [0.15, 0.2) is 11.6 Å². The molecule has 1 unspecified atom stereocenters. The van der Waals surface area contributed by atoms with Crippen LogP contribution in [0.15, 0.2) is 115 Å². The number of nitrogens with one attached hydrogen (secondary N) is 4. The molecule has 2 fully saturated rings. The fraction of sp³-hybridized carbons (Fsp3) is 0.434.